The van der Waals surface area contributed by atoms with Crippen molar-refractivity contribution in [2.75, 3.05) is 0 Å². The molecule has 7 aromatic rings. The van der Waals surface area contributed by atoms with E-state index in [1.165, 1.54) is 6.42 Å². The molecule has 7 aromatic carbocycles. The van der Waals surface area contributed by atoms with Crippen molar-refractivity contribution in [3.05, 3.63) is 178 Å². The zero-order chi connectivity index (χ0) is 82.8. The molecule has 0 saturated carbocycles. The van der Waals surface area contributed by atoms with Gasteiger partial charge in [0, 0.05) is 44.5 Å². The van der Waals surface area contributed by atoms with Gasteiger partial charge in [0.1, 0.15) is 0 Å². The highest BCUT2D eigenvalue weighted by Crippen LogP contribution is 2.23. The second-order valence-corrected chi connectivity index (χ2v) is 18.5. The van der Waals surface area contributed by atoms with E-state index in [2.05, 4.69) is 369 Å². The lowest BCUT2D eigenvalue weighted by Crippen LogP contribution is -1.86. The molecule has 0 amide bonds. The lowest BCUT2D eigenvalue weighted by Gasteiger charge is -2.03. The maximum Gasteiger partial charge on any atom is 0.0490 e. The lowest BCUT2D eigenvalue weighted by molar-refractivity contribution is 1.09. The molecule has 516 valence electrons. The molecule has 0 fully saturated rings. The van der Waals surface area contributed by atoms with E-state index in [-0.39, 0.29) is 0 Å². The van der Waals surface area contributed by atoms with Crippen LogP contribution in [0.1, 0.15) is 134 Å². The van der Waals surface area contributed by atoms with Crippen molar-refractivity contribution >= 4 is 32.3 Å². The minimum Gasteiger partial charge on any atom is -0.106 e. The monoisotopic (exact) mass is 1420 g/mol. The molecular weight excluding hydrogens is 1360 g/mol. The topological polar surface area (TPSA) is 0 Å². The van der Waals surface area contributed by atoms with Crippen molar-refractivity contribution in [1.29, 1.82) is 0 Å². The van der Waals surface area contributed by atoms with Gasteiger partial charge in [-0.1, -0.05) is 230 Å². The van der Waals surface area contributed by atoms with E-state index in [1.54, 1.807) is 27.7 Å². The highest BCUT2D eigenvalue weighted by molar-refractivity contribution is 5.92. The van der Waals surface area contributed by atoms with Crippen molar-refractivity contribution < 1.29 is 0 Å². The van der Waals surface area contributed by atoms with E-state index < -0.39 is 0 Å². The number of hydrogen-bond acceptors (Lipinski definition) is 0. The highest BCUT2D eigenvalue weighted by atomic mass is 14.1. The SMILES string of the molecule is C#CC#CC#CC#Cc1c(C#CC#CC#CC#CC)ccc2ccccc12.C#CC#CC#CC#Cc1cc2ccccc2cc1C#CC#CC#CC#CC.C#CC#CC#CC#Cc1ccc2ccccc2c1C#CC#CC#CC#CC.C#CC#CC#CC#Cc1ccccc1C#CC#CC#CC#CC.CC.CC.CC.CCC. The van der Waals surface area contributed by atoms with Gasteiger partial charge >= 0.3 is 0 Å². The molecule has 0 unspecified atom stereocenters. The Kier molecular flexibility index (Phi) is 58.6. The first kappa shape index (κ1) is 94.2. The van der Waals surface area contributed by atoms with Crippen LogP contribution in [0.15, 0.2) is 133 Å². The first-order valence-corrected chi connectivity index (χ1v) is 34.1. The third-order valence-corrected chi connectivity index (χ3v) is 11.3. The molecule has 0 aliphatic rings. The minimum atomic E-state index is 0.768. The fraction of sp³-hybridized carbons (Fsp3) is 0.115. The van der Waals surface area contributed by atoms with Crippen LogP contribution in [0.2, 0.25) is 0 Å². The smallest absolute Gasteiger partial charge is 0.0490 e. The van der Waals surface area contributed by atoms with Gasteiger partial charge in [-0.15, -0.1) is 25.7 Å². The van der Waals surface area contributed by atoms with Crippen molar-refractivity contribution in [3.63, 3.8) is 0 Å². The van der Waals surface area contributed by atoms with Gasteiger partial charge in [0.2, 0.25) is 0 Å². The van der Waals surface area contributed by atoms with Gasteiger partial charge in [-0.2, -0.15) is 0 Å². The van der Waals surface area contributed by atoms with Gasteiger partial charge in [-0.05, 0) is 381 Å². The summed E-state index contributed by atoms with van der Waals surface area (Å²) >= 11 is 0. The number of hydrogen-bond donors (Lipinski definition) is 0. The summed E-state index contributed by atoms with van der Waals surface area (Å²) in [7, 11) is 0. The van der Waals surface area contributed by atoms with Gasteiger partial charge in [0.05, 0.1) is 0 Å². The molecule has 0 aromatic heterocycles. The summed E-state index contributed by atoms with van der Waals surface area (Å²) in [6.45, 7) is 23.1. The average molecular weight is 1420 g/mol. The molecule has 7 rings (SSSR count). The van der Waals surface area contributed by atoms with Crippen molar-refractivity contribution in [2.45, 2.75) is 89.5 Å². The summed E-state index contributed by atoms with van der Waals surface area (Å²) in [5.74, 6) is 159. The second-order valence-electron chi connectivity index (χ2n) is 18.5. The summed E-state index contributed by atoms with van der Waals surface area (Å²) in [4.78, 5) is 0. The molecule has 0 spiro atoms. The maximum atomic E-state index is 5.04. The van der Waals surface area contributed by atoms with Gasteiger partial charge < -0.3 is 0 Å². The summed E-state index contributed by atoms with van der Waals surface area (Å²) < 4.78 is 0. The average Bonchev–Trinajstić information content (AvgIpc) is 0.812. The molecule has 0 atom stereocenters. The van der Waals surface area contributed by atoms with Gasteiger partial charge in [0.25, 0.3) is 0 Å². The molecule has 0 nitrogen and oxygen atoms in total. The van der Waals surface area contributed by atoms with Crippen LogP contribution in [0, 0.1) is 381 Å². The van der Waals surface area contributed by atoms with E-state index in [9.17, 15) is 0 Å². The molecule has 0 radical (unpaired) electrons. The number of rotatable bonds is 0. The van der Waals surface area contributed by atoms with Crippen molar-refractivity contribution in [2.24, 2.45) is 0 Å². The number of fused-ring (bicyclic) bond motifs is 3. The van der Waals surface area contributed by atoms with Gasteiger partial charge in [-0.25, -0.2) is 0 Å². The van der Waals surface area contributed by atoms with E-state index in [0.29, 0.717) is 0 Å². The first-order valence-electron chi connectivity index (χ1n) is 34.1. The minimum absolute atomic E-state index is 0.768. The Morgan fingerprint density at radius 3 is 0.646 bits per heavy atom. The van der Waals surface area contributed by atoms with Crippen LogP contribution in [-0.4, -0.2) is 0 Å². The number of terminal acetylenes is 4. The molecule has 0 saturated heterocycles. The quantitative estimate of drug-likeness (QED) is 0.133. The maximum absolute atomic E-state index is 5.04. The predicted octanol–water partition coefficient (Wildman–Crippen LogP) is 16.2. The van der Waals surface area contributed by atoms with Crippen molar-refractivity contribution in [1.82, 2.24) is 0 Å². The summed E-state index contributed by atoms with van der Waals surface area (Å²) in [6, 6.07) is 43.2. The second kappa shape index (κ2) is 70.3. The zero-order valence-corrected chi connectivity index (χ0v) is 64.7. The fourth-order valence-corrected chi connectivity index (χ4v) is 7.22. The Balaban J connectivity index is 0.00000143. The van der Waals surface area contributed by atoms with Crippen LogP contribution in [0.5, 0.6) is 0 Å². The molecule has 0 heterocycles. The molecule has 0 N–H and O–H groups in total. The lowest BCUT2D eigenvalue weighted by atomic mass is 9.99. The fourth-order valence-electron chi connectivity index (χ4n) is 7.22. The number of benzene rings is 7. The molecule has 0 heteroatoms. The largest absolute Gasteiger partial charge is 0.106 e. The van der Waals surface area contributed by atoms with E-state index in [4.69, 9.17) is 25.7 Å². The predicted molar refractivity (Wildman–Crippen MR) is 477 cm³/mol. The summed E-state index contributed by atoms with van der Waals surface area (Å²) in [6.07, 6.45) is 21.3. The standard InChI is InChI=1S/3C27H10.C23H8.C3H8.3C2H6/c1-3-5-7-9-11-12-14-18-24-22-23-25-19-16-17-21-27(25)26(24)20-15-13-10-8-6-4-2;1-3-5-7-9-11-13-15-20-26-24(18-14-12-10-8-6-4-2)22-23-25-19-16-17-21-27(25)26;1-3-5-7-9-11-13-15-19-25-23-27-21-17-16-20-26(27)22-24(25)18-14-12-10-8-6-4-2;1-3-5-7-9-11-13-15-19-23-21-17-16-20-22(23)18-14-12-10-8-6-4-2;1-3-2;3*1-2/h2*2,16-17,19,21-23H,1H3;2,16-17,20-23H,1H3;2,16-17,20-21H,1H3;3H2,1-2H3;3*1-2H3. The van der Waals surface area contributed by atoms with E-state index in [1.807, 2.05) is 175 Å². The molecule has 113 heavy (non-hydrogen) atoms. The summed E-state index contributed by atoms with van der Waals surface area (Å²) in [5.41, 5.74) is 6.21. The van der Waals surface area contributed by atoms with Crippen LogP contribution in [0.25, 0.3) is 32.3 Å². The Hall–Kier alpha value is -18.8. The Labute approximate surface area is 676 Å². The third-order valence-electron chi connectivity index (χ3n) is 11.3. The van der Waals surface area contributed by atoms with Crippen LogP contribution in [-0.2, 0) is 0 Å². The van der Waals surface area contributed by atoms with Crippen LogP contribution < -0.4 is 0 Å². The Morgan fingerprint density at radius 2 is 0.389 bits per heavy atom. The highest BCUT2D eigenvalue weighted by Gasteiger charge is 2.05. The zero-order valence-electron chi connectivity index (χ0n) is 64.7. The third kappa shape index (κ3) is 45.1. The first-order chi connectivity index (χ1) is 55.9. The summed E-state index contributed by atoms with van der Waals surface area (Å²) in [5, 5.41) is 6.29. The van der Waals surface area contributed by atoms with Crippen LogP contribution in [0.4, 0.5) is 0 Å². The van der Waals surface area contributed by atoms with Crippen LogP contribution >= 0.6 is 0 Å². The van der Waals surface area contributed by atoms with Gasteiger partial charge in [-0.3, -0.25) is 0 Å². The van der Waals surface area contributed by atoms with Crippen molar-refractivity contribution in [3.8, 4) is 381 Å². The molecule has 0 aliphatic carbocycles. The Morgan fingerprint density at radius 1 is 0.195 bits per heavy atom. The Bertz CT molecular complexity index is 6690. The van der Waals surface area contributed by atoms with E-state index in [0.717, 1.165) is 76.8 Å². The normalized spacial score (nSPS) is 6.37. The van der Waals surface area contributed by atoms with Crippen LogP contribution in [0.3, 0.4) is 0 Å². The van der Waals surface area contributed by atoms with E-state index >= 15 is 0 Å². The van der Waals surface area contributed by atoms with Gasteiger partial charge in [0.15, 0.2) is 0 Å². The molecular formula is C113H64. The molecule has 0 aliphatic heterocycles. The molecule has 0 bridgehead atoms.